The van der Waals surface area contributed by atoms with Gasteiger partial charge in [-0.05, 0) is 17.4 Å². The Morgan fingerprint density at radius 1 is 1.56 bits per heavy atom. The highest BCUT2D eigenvalue weighted by molar-refractivity contribution is 6.15. The topological polar surface area (TPSA) is 73.1 Å². The molecular weight excluding hydrogens is 210 g/mol. The summed E-state index contributed by atoms with van der Waals surface area (Å²) in [6.07, 6.45) is 1.63. The van der Waals surface area contributed by atoms with Crippen LogP contribution in [0.4, 0.5) is 0 Å². The third kappa shape index (κ3) is 2.78. The molecule has 7 heteroatoms. The third-order valence-electron chi connectivity index (χ3n) is 1.74. The summed E-state index contributed by atoms with van der Waals surface area (Å²) in [6, 6.07) is 0. The zero-order valence-electron chi connectivity index (χ0n) is 9.84. The normalized spacial score (nSPS) is 11.4. The van der Waals surface area contributed by atoms with Crippen molar-refractivity contribution in [2.45, 2.75) is 6.92 Å². The standard InChI is InChI=1S/C9H15N5O2/c1-5-16-9(15)7(6-13(2)3)8-10-11-12-14(8)4/h6H,5H2,1-4H3/b7-6+. The predicted molar refractivity (Wildman–Crippen MR) is 57.1 cm³/mol. The Labute approximate surface area is 93.7 Å². The number of carbonyl (C=O) groups excluding carboxylic acids is 1. The van der Waals surface area contributed by atoms with Gasteiger partial charge in [-0.2, -0.15) is 0 Å². The summed E-state index contributed by atoms with van der Waals surface area (Å²) in [5.74, 6) is -0.0544. The Morgan fingerprint density at radius 3 is 2.69 bits per heavy atom. The van der Waals surface area contributed by atoms with E-state index in [4.69, 9.17) is 4.74 Å². The van der Waals surface area contributed by atoms with E-state index in [0.29, 0.717) is 18.0 Å². The molecule has 0 amide bonds. The van der Waals surface area contributed by atoms with E-state index < -0.39 is 5.97 Å². The number of hydrogen-bond donors (Lipinski definition) is 0. The minimum atomic E-state index is -0.436. The lowest BCUT2D eigenvalue weighted by molar-refractivity contribution is -0.136. The second-order valence-corrected chi connectivity index (χ2v) is 3.35. The van der Waals surface area contributed by atoms with Crippen LogP contribution in [-0.4, -0.2) is 51.8 Å². The van der Waals surface area contributed by atoms with Gasteiger partial charge in [0.1, 0.15) is 5.57 Å². The van der Waals surface area contributed by atoms with Gasteiger partial charge in [0, 0.05) is 27.3 Å². The van der Waals surface area contributed by atoms with Gasteiger partial charge in [0.15, 0.2) is 5.82 Å². The molecule has 0 N–H and O–H groups in total. The molecule has 1 rings (SSSR count). The molecule has 0 aliphatic heterocycles. The van der Waals surface area contributed by atoms with E-state index in [1.807, 2.05) is 14.1 Å². The highest BCUT2D eigenvalue weighted by Gasteiger charge is 2.19. The molecule has 7 nitrogen and oxygen atoms in total. The molecule has 0 aliphatic rings. The number of tetrazole rings is 1. The molecule has 1 heterocycles. The quantitative estimate of drug-likeness (QED) is 0.516. The van der Waals surface area contributed by atoms with Crippen LogP contribution in [0.15, 0.2) is 6.20 Å². The van der Waals surface area contributed by atoms with Crippen molar-refractivity contribution in [1.82, 2.24) is 25.1 Å². The van der Waals surface area contributed by atoms with Crippen molar-refractivity contribution in [2.24, 2.45) is 7.05 Å². The summed E-state index contributed by atoms with van der Waals surface area (Å²) in [5, 5.41) is 10.9. The van der Waals surface area contributed by atoms with Crippen LogP contribution in [0.2, 0.25) is 0 Å². The monoisotopic (exact) mass is 225 g/mol. The van der Waals surface area contributed by atoms with Gasteiger partial charge in [0.2, 0.25) is 0 Å². The Hall–Kier alpha value is -1.92. The van der Waals surface area contributed by atoms with Crippen LogP contribution in [0.5, 0.6) is 0 Å². The van der Waals surface area contributed by atoms with E-state index in [0.717, 1.165) is 0 Å². The first kappa shape index (κ1) is 12.2. The van der Waals surface area contributed by atoms with Crippen molar-refractivity contribution in [3.05, 3.63) is 12.0 Å². The van der Waals surface area contributed by atoms with Gasteiger partial charge in [-0.3, -0.25) is 0 Å². The molecule has 88 valence electrons. The summed E-state index contributed by atoms with van der Waals surface area (Å²) in [6.45, 7) is 2.06. The number of aryl methyl sites for hydroxylation is 1. The van der Waals surface area contributed by atoms with E-state index in [2.05, 4.69) is 15.5 Å². The first-order valence-corrected chi connectivity index (χ1v) is 4.84. The number of hydrogen-bond acceptors (Lipinski definition) is 6. The number of ether oxygens (including phenoxy) is 1. The number of carbonyl (C=O) groups is 1. The van der Waals surface area contributed by atoms with Gasteiger partial charge in [0.25, 0.3) is 0 Å². The lowest BCUT2D eigenvalue weighted by Crippen LogP contribution is -2.14. The molecule has 16 heavy (non-hydrogen) atoms. The van der Waals surface area contributed by atoms with Crippen LogP contribution in [0.25, 0.3) is 5.57 Å². The predicted octanol–water partition coefficient (Wildman–Crippen LogP) is -0.324. The first-order chi connectivity index (χ1) is 7.56. The van der Waals surface area contributed by atoms with Crippen LogP contribution in [0, 0.1) is 0 Å². The van der Waals surface area contributed by atoms with Crippen molar-refractivity contribution in [2.75, 3.05) is 20.7 Å². The van der Waals surface area contributed by atoms with Gasteiger partial charge in [-0.25, -0.2) is 9.48 Å². The SMILES string of the molecule is CCOC(=O)/C(=C/N(C)C)c1nnnn1C. The molecule has 0 aliphatic carbocycles. The lowest BCUT2D eigenvalue weighted by atomic mass is 10.2. The van der Waals surface area contributed by atoms with Crippen LogP contribution in [0.3, 0.4) is 0 Å². The maximum atomic E-state index is 11.7. The van der Waals surface area contributed by atoms with Gasteiger partial charge >= 0.3 is 5.97 Å². The van der Waals surface area contributed by atoms with E-state index in [1.165, 1.54) is 4.68 Å². The van der Waals surface area contributed by atoms with E-state index in [1.54, 1.807) is 25.1 Å². The minimum Gasteiger partial charge on any atom is -0.462 e. The van der Waals surface area contributed by atoms with Crippen LogP contribution in [-0.2, 0) is 16.6 Å². The minimum absolute atomic E-state index is 0.314. The lowest BCUT2D eigenvalue weighted by Gasteiger charge is -2.09. The third-order valence-corrected chi connectivity index (χ3v) is 1.74. The van der Waals surface area contributed by atoms with Crippen LogP contribution >= 0.6 is 0 Å². The van der Waals surface area contributed by atoms with Crippen LogP contribution in [0.1, 0.15) is 12.7 Å². The molecule has 1 aromatic rings. The molecule has 0 saturated heterocycles. The van der Waals surface area contributed by atoms with Gasteiger partial charge < -0.3 is 9.64 Å². The maximum absolute atomic E-state index is 11.7. The summed E-state index contributed by atoms with van der Waals surface area (Å²) in [4.78, 5) is 13.4. The Balaban J connectivity index is 3.07. The number of aromatic nitrogens is 4. The fraction of sp³-hybridized carbons (Fsp3) is 0.556. The summed E-state index contributed by atoms with van der Waals surface area (Å²) in [5.41, 5.74) is 0.333. The molecule has 0 aromatic carbocycles. The summed E-state index contributed by atoms with van der Waals surface area (Å²) < 4.78 is 6.36. The molecule has 0 bridgehead atoms. The highest BCUT2D eigenvalue weighted by Crippen LogP contribution is 2.12. The summed E-state index contributed by atoms with van der Waals surface area (Å²) >= 11 is 0. The molecule has 0 saturated carbocycles. The molecular formula is C9H15N5O2. The Morgan fingerprint density at radius 2 is 2.25 bits per heavy atom. The Bertz CT molecular complexity index is 396. The first-order valence-electron chi connectivity index (χ1n) is 4.84. The van der Waals surface area contributed by atoms with Crippen molar-refractivity contribution in [1.29, 1.82) is 0 Å². The van der Waals surface area contributed by atoms with Gasteiger partial charge in [0.05, 0.1) is 6.61 Å². The smallest absolute Gasteiger partial charge is 0.343 e. The number of nitrogens with zero attached hydrogens (tertiary/aromatic N) is 5. The van der Waals surface area contributed by atoms with Gasteiger partial charge in [-0.15, -0.1) is 5.10 Å². The molecule has 1 aromatic heterocycles. The molecule has 0 unspecified atom stereocenters. The van der Waals surface area contributed by atoms with Crippen molar-refractivity contribution < 1.29 is 9.53 Å². The fourth-order valence-corrected chi connectivity index (χ4v) is 1.13. The second kappa shape index (κ2) is 5.24. The number of esters is 1. The maximum Gasteiger partial charge on any atom is 0.343 e. The molecule has 0 radical (unpaired) electrons. The van der Waals surface area contributed by atoms with Gasteiger partial charge in [-0.1, -0.05) is 0 Å². The average molecular weight is 225 g/mol. The zero-order chi connectivity index (χ0) is 12.1. The highest BCUT2D eigenvalue weighted by atomic mass is 16.5. The van der Waals surface area contributed by atoms with Crippen LogP contribution < -0.4 is 0 Å². The summed E-state index contributed by atoms with van der Waals surface area (Å²) in [7, 11) is 5.28. The van der Waals surface area contributed by atoms with E-state index in [9.17, 15) is 4.79 Å². The van der Waals surface area contributed by atoms with E-state index >= 15 is 0 Å². The van der Waals surface area contributed by atoms with Crippen molar-refractivity contribution in [3.63, 3.8) is 0 Å². The second-order valence-electron chi connectivity index (χ2n) is 3.35. The van der Waals surface area contributed by atoms with Crippen molar-refractivity contribution >= 4 is 11.5 Å². The largest absolute Gasteiger partial charge is 0.462 e. The molecule has 0 spiro atoms. The Kier molecular flexibility index (Phi) is 3.98. The zero-order valence-corrected chi connectivity index (χ0v) is 9.84. The molecule has 0 fully saturated rings. The molecule has 0 atom stereocenters. The van der Waals surface area contributed by atoms with Crippen molar-refractivity contribution in [3.8, 4) is 0 Å². The average Bonchev–Trinajstić information content (AvgIpc) is 2.61. The fourth-order valence-electron chi connectivity index (χ4n) is 1.13. The van der Waals surface area contributed by atoms with E-state index in [-0.39, 0.29) is 0 Å². The number of rotatable bonds is 4.